The lowest BCUT2D eigenvalue weighted by molar-refractivity contribution is -0.312. The molecule has 35 nitrogen and oxygen atoms in total. The molecule has 2 unspecified atom stereocenters. The normalized spacial score (nSPS) is 27.1. The van der Waals surface area contributed by atoms with Crippen LogP contribution in [0.3, 0.4) is 0 Å². The van der Waals surface area contributed by atoms with Gasteiger partial charge in [0.15, 0.2) is 12.4 Å². The molecule has 0 spiro atoms. The summed E-state index contributed by atoms with van der Waals surface area (Å²) in [5, 5.41) is 114. The van der Waals surface area contributed by atoms with Crippen LogP contribution in [-0.2, 0) is 78.2 Å². The Hall–Kier alpha value is -8.00. The lowest BCUT2D eigenvalue weighted by atomic mass is 9.99. The molecule has 97 heavy (non-hydrogen) atoms. The van der Waals surface area contributed by atoms with E-state index in [-0.39, 0.29) is 17.7 Å². The highest BCUT2D eigenvalue weighted by atomic mass is 16.7. The summed E-state index contributed by atoms with van der Waals surface area (Å²) in [4.78, 5) is 168. The number of hydrogen-bond acceptors (Lipinski definition) is 24. The first-order valence-corrected chi connectivity index (χ1v) is 32.2. The third-order valence-electron chi connectivity index (χ3n) is 16.2. The molecule has 2 saturated heterocycles. The molecule has 3 rings (SSSR count). The van der Waals surface area contributed by atoms with Crippen molar-refractivity contribution in [1.82, 2.24) is 47.4 Å². The number of cyclic esters (lactones) is 1. The van der Waals surface area contributed by atoms with Gasteiger partial charge in [0, 0.05) is 26.3 Å². The zero-order valence-electron chi connectivity index (χ0n) is 55.6. The molecule has 0 aliphatic carbocycles. The summed E-state index contributed by atoms with van der Waals surface area (Å²) < 4.78 is 17.0. The van der Waals surface area contributed by atoms with E-state index >= 15 is 0 Å². The third kappa shape index (κ3) is 26.7. The molecule has 1 aromatic rings. The molecule has 0 bridgehead atoms. The van der Waals surface area contributed by atoms with Gasteiger partial charge in [-0.1, -0.05) is 82.9 Å². The van der Waals surface area contributed by atoms with Gasteiger partial charge < -0.3 is 119 Å². The van der Waals surface area contributed by atoms with Gasteiger partial charge >= 0.3 is 5.97 Å². The maximum Gasteiger partial charge on any atom is 0.329 e. The predicted octanol–water partition coefficient (Wildman–Crippen LogP) is -6.11. The van der Waals surface area contributed by atoms with Crippen LogP contribution < -0.4 is 54.0 Å². The highest BCUT2D eigenvalue weighted by Crippen LogP contribution is 2.25. The lowest BCUT2D eigenvalue weighted by Crippen LogP contribution is -2.64. The average Bonchev–Trinajstić information content (AvgIpc) is 1.25. The van der Waals surface area contributed by atoms with Gasteiger partial charge in [-0.05, 0) is 71.6 Å². The van der Waals surface area contributed by atoms with Crippen molar-refractivity contribution in [2.75, 3.05) is 20.2 Å². The van der Waals surface area contributed by atoms with Crippen LogP contribution in [0.15, 0.2) is 36.0 Å². The number of nitrogens with one attached hydrogen (secondary N) is 8. The van der Waals surface area contributed by atoms with E-state index in [0.717, 1.165) is 85.8 Å². The van der Waals surface area contributed by atoms with Crippen molar-refractivity contribution in [2.45, 2.75) is 247 Å². The van der Waals surface area contributed by atoms with E-state index in [4.69, 9.17) is 25.7 Å². The number of hydrogen-bond donors (Lipinski definition) is 19. The summed E-state index contributed by atoms with van der Waals surface area (Å²) in [6, 6.07) is -8.97. The van der Waals surface area contributed by atoms with E-state index in [9.17, 15) is 103 Å². The Morgan fingerprint density at radius 1 is 0.732 bits per heavy atom. The molecule has 1 aromatic carbocycles. The molecule has 546 valence electrons. The number of primary amides is 2. The summed E-state index contributed by atoms with van der Waals surface area (Å²) in [5.41, 5.74) is 10.5. The number of nitrogens with zero attached hydrogens (tertiary/aromatic N) is 1. The fourth-order valence-electron chi connectivity index (χ4n) is 10.4. The number of aliphatic hydroxyl groups is 8. The Balaban J connectivity index is 2.26. The molecule has 21 N–H and O–H groups in total. The fourth-order valence-corrected chi connectivity index (χ4v) is 10.4. The second-order valence-corrected chi connectivity index (χ2v) is 24.1. The lowest BCUT2D eigenvalue weighted by Gasteiger charge is -2.42. The molecule has 0 aromatic heterocycles. The zero-order valence-corrected chi connectivity index (χ0v) is 55.6. The largest absolute Gasteiger partial charge is 0.508 e. The maximum absolute atomic E-state index is 14.8. The summed E-state index contributed by atoms with van der Waals surface area (Å²) >= 11 is 0. The number of amides is 11. The van der Waals surface area contributed by atoms with Gasteiger partial charge in [-0.15, -0.1) is 0 Å². The summed E-state index contributed by atoms with van der Waals surface area (Å²) in [6.07, 6.45) is -14.6. The first kappa shape index (κ1) is 83.2. The van der Waals surface area contributed by atoms with Crippen LogP contribution in [0.4, 0.5) is 0 Å². The minimum atomic E-state index is -2.30. The fraction of sp³-hybridized carbons (Fsp3) is 0.677. The monoisotopic (exact) mass is 1380 g/mol. The number of benzene rings is 1. The molecule has 35 heteroatoms. The number of allylic oxidation sites excluding steroid dienone is 1. The summed E-state index contributed by atoms with van der Waals surface area (Å²) in [6.45, 7) is 5.52. The van der Waals surface area contributed by atoms with Crippen LogP contribution in [0.1, 0.15) is 137 Å². The molecule has 0 radical (unpaired) electrons. The van der Waals surface area contributed by atoms with Crippen molar-refractivity contribution in [1.29, 1.82) is 0 Å². The number of nitrogens with two attached hydrogens (primary N) is 2. The third-order valence-corrected chi connectivity index (χ3v) is 16.2. The Morgan fingerprint density at radius 3 is 1.87 bits per heavy atom. The van der Waals surface area contributed by atoms with Crippen LogP contribution in [-0.4, -0.2) is 252 Å². The summed E-state index contributed by atoms with van der Waals surface area (Å²) in [5.74, 6) is -15.4. The molecule has 18 atom stereocenters. The van der Waals surface area contributed by atoms with Gasteiger partial charge in [-0.3, -0.25) is 52.7 Å². The predicted molar refractivity (Wildman–Crippen MR) is 339 cm³/mol. The minimum Gasteiger partial charge on any atom is -0.508 e. The molecule has 0 saturated carbocycles. The average molecular weight is 1380 g/mol. The Bertz CT molecular complexity index is 2850. The first-order valence-electron chi connectivity index (χ1n) is 32.2. The number of rotatable bonds is 29. The smallest absolute Gasteiger partial charge is 0.329 e. The maximum atomic E-state index is 14.8. The van der Waals surface area contributed by atoms with E-state index in [1.807, 2.05) is 0 Å². The van der Waals surface area contributed by atoms with Gasteiger partial charge in [0.1, 0.15) is 84.3 Å². The van der Waals surface area contributed by atoms with Gasteiger partial charge in [-0.2, -0.15) is 0 Å². The van der Waals surface area contributed by atoms with E-state index in [2.05, 4.69) is 49.5 Å². The Kier molecular flexibility index (Phi) is 35.4. The number of aromatic hydroxyl groups is 1. The molecule has 2 aliphatic rings. The number of aliphatic hydroxyl groups excluding tert-OH is 8. The number of likely N-dealkylation sites (N-methyl/N-ethyl adjacent to an activating group) is 1. The number of phenolic OH excluding ortho intramolecular Hbond substituents is 1. The standard InChI is InChI=1S/C62H99N11O24/c1-8-10-11-12-13-14-15-16-17-18-40(78)49(82)60(93)71-46(31(4)76)57(90)72-47-32(5)95-61(94)38(24-26-43(64)80)68-59(92)48(33(6)96-62-52(85)51(84)50(83)41(29-74)97-62)73(7)44(81)28-65-53(86)37(23-25-42(63)79)67-54(87)36(9-2)66-55(88)39(27-34-19-21-35(77)22-20-34)69-56(89)45(30(3)75)70-58(47)91/h9,19-22,30-33,37-41,45-52,62,74-78,82-85H,8,10-18,23-29H2,1-7H3,(H2,63,79)(H2,64,80)(H,65,86)(H,66,88)(H,67,87)(H,68,92)(H,69,89)(H,70,91)(H,71,93)(H,72,90)/b36-9-/t30-,31-,32-,33-,37+,38+,39+,40?,41-,45+,46+,47+,48+,49?,50-,51+,52+,62-/m1/s1. The second-order valence-electron chi connectivity index (χ2n) is 24.1. The van der Waals surface area contributed by atoms with Crippen molar-refractivity contribution in [2.24, 2.45) is 11.5 Å². The molecule has 2 heterocycles. The van der Waals surface area contributed by atoms with Gasteiger partial charge in [0.05, 0.1) is 37.6 Å². The quantitative estimate of drug-likeness (QED) is 0.0202. The minimum absolute atomic E-state index is 0.0402. The molecule has 11 amide bonds. The number of carbonyl (C=O) groups is 12. The number of ether oxygens (including phenoxy) is 3. The van der Waals surface area contributed by atoms with E-state index in [0.29, 0.717) is 17.7 Å². The van der Waals surface area contributed by atoms with Crippen molar-refractivity contribution in [3.8, 4) is 5.75 Å². The molecular formula is C62H99N11O24. The molecule has 2 aliphatic heterocycles. The summed E-state index contributed by atoms with van der Waals surface area (Å²) in [7, 11) is 0.982. The number of esters is 1. The topological polar surface area (TPSA) is 566 Å². The van der Waals surface area contributed by atoms with E-state index in [1.165, 1.54) is 31.2 Å². The van der Waals surface area contributed by atoms with Gasteiger partial charge in [-0.25, -0.2) is 4.79 Å². The van der Waals surface area contributed by atoms with Crippen LogP contribution in [0.25, 0.3) is 0 Å². The van der Waals surface area contributed by atoms with E-state index in [1.54, 1.807) is 0 Å². The Labute approximate surface area is 560 Å². The van der Waals surface area contributed by atoms with Crippen molar-refractivity contribution >= 4 is 70.9 Å². The number of unbranched alkanes of at least 4 members (excludes halogenated alkanes) is 8. The van der Waals surface area contributed by atoms with Crippen molar-refractivity contribution < 1.29 is 118 Å². The van der Waals surface area contributed by atoms with Crippen LogP contribution in [0.5, 0.6) is 5.75 Å². The number of carbonyl (C=O) groups excluding carboxylic acids is 12. The highest BCUT2D eigenvalue weighted by molar-refractivity contribution is 6.02. The van der Waals surface area contributed by atoms with Crippen molar-refractivity contribution in [3.05, 3.63) is 41.6 Å². The number of phenols is 1. The van der Waals surface area contributed by atoms with Crippen LogP contribution in [0, 0.1) is 0 Å². The van der Waals surface area contributed by atoms with Crippen LogP contribution >= 0.6 is 0 Å². The van der Waals surface area contributed by atoms with E-state index < -0.39 is 232 Å². The van der Waals surface area contributed by atoms with Gasteiger partial charge in [0.2, 0.25) is 53.2 Å². The SMILES string of the molecule is C/C=C1\NC(=O)[C@H](Cc2ccc(O)cc2)NC(=O)[C@H]([C@@H](C)O)NC(=O)[C@@H](NC(=O)[C@@H](NC(=O)C(O)C(O)CCCCCCCCCCC)[C@@H](C)O)[C@@H](C)OC(=O)[C@H](CCC(N)=O)NC(=O)[C@H]([C@@H](C)O[C@@H]2O[C@H](CO)[C@@H](O)[C@H](O)[C@@H]2O)N(C)C(=O)CNC(=O)[C@H](CCC(N)=O)NC1=O. The molecular weight excluding hydrogens is 1280 g/mol. The first-order chi connectivity index (χ1) is 45.7. The highest BCUT2D eigenvalue weighted by Gasteiger charge is 2.47. The van der Waals surface area contributed by atoms with Crippen LogP contribution in [0.2, 0.25) is 0 Å². The molecule has 2 fully saturated rings. The Morgan fingerprint density at radius 2 is 1.31 bits per heavy atom. The zero-order chi connectivity index (χ0) is 73.0. The second kappa shape index (κ2) is 41.3. The van der Waals surface area contributed by atoms with Gasteiger partial charge in [0.25, 0.3) is 11.8 Å². The van der Waals surface area contributed by atoms with Crippen molar-refractivity contribution in [3.63, 3.8) is 0 Å².